The molecule has 1 saturated heterocycles. The van der Waals surface area contributed by atoms with Crippen LogP contribution in [0.4, 0.5) is 11.4 Å². The Bertz CT molecular complexity index is 1010. The maximum absolute atomic E-state index is 12.6. The van der Waals surface area contributed by atoms with Crippen molar-refractivity contribution in [2.75, 3.05) is 36.4 Å². The highest BCUT2D eigenvalue weighted by molar-refractivity contribution is 6.35. The number of carbonyl (C=O) groups is 2. The van der Waals surface area contributed by atoms with E-state index in [1.807, 2.05) is 24.8 Å². The van der Waals surface area contributed by atoms with Gasteiger partial charge >= 0.3 is 0 Å². The minimum Gasteiger partial charge on any atom is -0.479 e. The summed E-state index contributed by atoms with van der Waals surface area (Å²) in [5, 5.41) is 4.17. The van der Waals surface area contributed by atoms with Crippen LogP contribution in [0.5, 0.6) is 5.75 Å². The Hall–Kier alpha value is -2.15. The largest absolute Gasteiger partial charge is 0.479 e. The molecule has 1 fully saturated rings. The van der Waals surface area contributed by atoms with Crippen molar-refractivity contribution in [3.05, 3.63) is 51.5 Å². The molecule has 6 nitrogen and oxygen atoms in total. The molecule has 2 aromatic rings. The second-order valence-corrected chi connectivity index (χ2v) is 9.71. The van der Waals surface area contributed by atoms with E-state index in [4.69, 9.17) is 39.5 Å². The molecular weight excluding hydrogens is 485 g/mol. The van der Waals surface area contributed by atoms with Crippen LogP contribution in [0.3, 0.4) is 0 Å². The molecule has 2 amide bonds. The zero-order chi connectivity index (χ0) is 24.1. The van der Waals surface area contributed by atoms with Crippen LogP contribution < -0.4 is 15.0 Å². The van der Waals surface area contributed by atoms with Gasteiger partial charge in [0, 0.05) is 43.3 Å². The number of rotatable bonds is 7. The first kappa shape index (κ1) is 25.5. The number of hydrogen-bond donors (Lipinski definition) is 1. The second-order valence-electron chi connectivity index (χ2n) is 8.46. The van der Waals surface area contributed by atoms with Gasteiger partial charge in [-0.25, -0.2) is 0 Å². The van der Waals surface area contributed by atoms with Crippen molar-refractivity contribution < 1.29 is 14.3 Å². The van der Waals surface area contributed by atoms with Crippen molar-refractivity contribution in [1.29, 1.82) is 0 Å². The van der Waals surface area contributed by atoms with E-state index in [1.54, 1.807) is 37.3 Å². The number of nitrogens with one attached hydrogen (secondary N) is 1. The van der Waals surface area contributed by atoms with Crippen LogP contribution in [-0.4, -0.2) is 49.0 Å². The summed E-state index contributed by atoms with van der Waals surface area (Å²) in [4.78, 5) is 28.9. The third-order valence-corrected chi connectivity index (χ3v) is 6.17. The second kappa shape index (κ2) is 11.3. The molecule has 1 aliphatic rings. The lowest BCUT2D eigenvalue weighted by atomic mass is 10.1. The van der Waals surface area contributed by atoms with Crippen molar-refractivity contribution in [3.8, 4) is 5.75 Å². The first-order valence-electron chi connectivity index (χ1n) is 10.9. The molecule has 3 rings (SSSR count). The van der Waals surface area contributed by atoms with Crippen molar-refractivity contribution >= 4 is 58.0 Å². The van der Waals surface area contributed by atoms with Gasteiger partial charge in [0.25, 0.3) is 5.91 Å². The number of hydrogen-bond acceptors (Lipinski definition) is 4. The molecule has 1 heterocycles. The Morgan fingerprint density at radius 3 is 2.27 bits per heavy atom. The van der Waals surface area contributed by atoms with E-state index in [1.165, 1.54) is 0 Å². The number of nitrogens with zero attached hydrogens (tertiary/aromatic N) is 2. The summed E-state index contributed by atoms with van der Waals surface area (Å²) in [6.45, 7) is 8.49. The Morgan fingerprint density at radius 2 is 1.67 bits per heavy atom. The average Bonchev–Trinajstić information content (AvgIpc) is 2.75. The smallest absolute Gasteiger partial charge is 0.265 e. The quantitative estimate of drug-likeness (QED) is 0.513. The van der Waals surface area contributed by atoms with Crippen LogP contribution in [0.25, 0.3) is 0 Å². The molecule has 1 N–H and O–H groups in total. The molecule has 0 unspecified atom stereocenters. The summed E-state index contributed by atoms with van der Waals surface area (Å²) in [6, 6.07) is 10.2. The Labute approximate surface area is 209 Å². The number of carbonyl (C=O) groups excluding carboxylic acids is 2. The fourth-order valence-electron chi connectivity index (χ4n) is 3.57. The van der Waals surface area contributed by atoms with Crippen LogP contribution in [0.2, 0.25) is 15.1 Å². The third kappa shape index (κ3) is 6.92. The minimum atomic E-state index is -0.779. The predicted molar refractivity (Wildman–Crippen MR) is 135 cm³/mol. The van der Waals surface area contributed by atoms with Crippen molar-refractivity contribution in [2.45, 2.75) is 33.3 Å². The number of benzene rings is 2. The lowest BCUT2D eigenvalue weighted by molar-refractivity contribution is -0.132. The van der Waals surface area contributed by atoms with Crippen LogP contribution in [0, 0.1) is 5.92 Å². The van der Waals surface area contributed by atoms with E-state index in [9.17, 15) is 9.59 Å². The molecule has 0 radical (unpaired) electrons. The van der Waals surface area contributed by atoms with Crippen LogP contribution >= 0.6 is 34.8 Å². The molecule has 0 bridgehead atoms. The summed E-state index contributed by atoms with van der Waals surface area (Å²) >= 11 is 18.5. The minimum absolute atomic E-state index is 0.199. The van der Waals surface area contributed by atoms with Gasteiger partial charge < -0.3 is 19.9 Å². The molecule has 1 aliphatic heterocycles. The first-order chi connectivity index (χ1) is 15.6. The highest BCUT2D eigenvalue weighted by atomic mass is 35.5. The number of anilines is 2. The molecule has 0 aliphatic carbocycles. The number of ether oxygens (including phenoxy) is 1. The maximum Gasteiger partial charge on any atom is 0.265 e. The summed E-state index contributed by atoms with van der Waals surface area (Å²) in [5.41, 5.74) is 1.44. The van der Waals surface area contributed by atoms with E-state index in [0.29, 0.717) is 65.0 Å². The van der Waals surface area contributed by atoms with E-state index >= 15 is 0 Å². The van der Waals surface area contributed by atoms with Crippen molar-refractivity contribution in [3.63, 3.8) is 0 Å². The molecule has 33 heavy (non-hydrogen) atoms. The molecule has 0 spiro atoms. The lowest BCUT2D eigenvalue weighted by Crippen LogP contribution is -2.49. The predicted octanol–water partition coefficient (Wildman–Crippen LogP) is 5.75. The third-order valence-electron chi connectivity index (χ3n) is 5.34. The SMILES string of the molecule is CC(C)CC(=O)N1CCN(c2ccc(NC(=O)[C@H](C)Oc3ccc(Cl)cc3Cl)cc2Cl)CC1. The van der Waals surface area contributed by atoms with Gasteiger partial charge in [-0.15, -0.1) is 0 Å². The van der Waals surface area contributed by atoms with Crippen molar-refractivity contribution in [2.24, 2.45) is 5.92 Å². The Morgan fingerprint density at radius 1 is 0.970 bits per heavy atom. The summed E-state index contributed by atoms with van der Waals surface area (Å²) < 4.78 is 5.66. The lowest BCUT2D eigenvalue weighted by Gasteiger charge is -2.37. The Kier molecular flexibility index (Phi) is 8.74. The number of amides is 2. The van der Waals surface area contributed by atoms with Gasteiger partial charge in [-0.05, 0) is 49.2 Å². The molecule has 0 saturated carbocycles. The molecule has 2 aromatic carbocycles. The molecule has 178 valence electrons. The zero-order valence-corrected chi connectivity index (χ0v) is 21.2. The van der Waals surface area contributed by atoms with Crippen LogP contribution in [0.1, 0.15) is 27.2 Å². The number of halogens is 3. The molecule has 1 atom stereocenters. The van der Waals surface area contributed by atoms with Crippen LogP contribution in [0.15, 0.2) is 36.4 Å². The first-order valence-corrected chi connectivity index (χ1v) is 12.0. The summed E-state index contributed by atoms with van der Waals surface area (Å²) in [5.74, 6) is 0.597. The normalized spacial score (nSPS) is 14.9. The van der Waals surface area contributed by atoms with Gasteiger partial charge in [0.1, 0.15) is 5.75 Å². The summed E-state index contributed by atoms with van der Waals surface area (Å²) in [7, 11) is 0. The standard InChI is InChI=1S/C24H28Cl3N3O3/c1-15(2)12-23(31)30-10-8-29(9-11-30)21-6-5-18(14-19(21)26)28-24(32)16(3)33-22-7-4-17(25)13-20(22)27/h4-7,13-16H,8-12H2,1-3H3,(H,28,32)/t16-/m0/s1. The highest BCUT2D eigenvalue weighted by Crippen LogP contribution is 2.31. The van der Waals surface area contributed by atoms with E-state index in [-0.39, 0.29) is 11.8 Å². The van der Waals surface area contributed by atoms with Crippen molar-refractivity contribution in [1.82, 2.24) is 4.90 Å². The van der Waals surface area contributed by atoms with Gasteiger partial charge in [0.15, 0.2) is 6.10 Å². The zero-order valence-electron chi connectivity index (χ0n) is 18.9. The van der Waals surface area contributed by atoms with Gasteiger partial charge in [-0.1, -0.05) is 48.7 Å². The maximum atomic E-state index is 12.6. The van der Waals surface area contributed by atoms with E-state index in [0.717, 1.165) is 5.69 Å². The van der Waals surface area contributed by atoms with Crippen LogP contribution in [-0.2, 0) is 9.59 Å². The van der Waals surface area contributed by atoms with E-state index in [2.05, 4.69) is 10.2 Å². The number of piperazine rings is 1. The highest BCUT2D eigenvalue weighted by Gasteiger charge is 2.23. The molecular formula is C24H28Cl3N3O3. The topological polar surface area (TPSA) is 61.9 Å². The average molecular weight is 513 g/mol. The molecule has 9 heteroatoms. The van der Waals surface area contributed by atoms with Gasteiger partial charge in [0.2, 0.25) is 5.91 Å². The fourth-order valence-corrected chi connectivity index (χ4v) is 4.33. The van der Waals surface area contributed by atoms with Gasteiger partial charge in [-0.3, -0.25) is 9.59 Å². The van der Waals surface area contributed by atoms with Gasteiger partial charge in [0.05, 0.1) is 15.7 Å². The van der Waals surface area contributed by atoms with Gasteiger partial charge in [-0.2, -0.15) is 0 Å². The van der Waals surface area contributed by atoms with E-state index < -0.39 is 6.10 Å². The molecule has 0 aromatic heterocycles. The Balaban J connectivity index is 1.57. The summed E-state index contributed by atoms with van der Waals surface area (Å²) in [6.07, 6.45) is -0.208. The monoisotopic (exact) mass is 511 g/mol. The fraction of sp³-hybridized carbons (Fsp3) is 0.417.